The van der Waals surface area contributed by atoms with Gasteiger partial charge in [-0.3, -0.25) is 0 Å². The van der Waals surface area contributed by atoms with Crippen molar-refractivity contribution in [3.63, 3.8) is 0 Å². The number of hydrogen-bond donors (Lipinski definition) is 1. The zero-order valence-corrected chi connectivity index (χ0v) is 10.9. The fraction of sp³-hybridized carbons (Fsp3) is 0.364. The fourth-order valence-corrected chi connectivity index (χ4v) is 2.08. The first-order valence-electron chi connectivity index (χ1n) is 5.08. The monoisotopic (exact) mass is 272 g/mol. The third kappa shape index (κ3) is 4.35. The summed E-state index contributed by atoms with van der Waals surface area (Å²) < 4.78 is 25.3. The molecule has 0 heterocycles. The van der Waals surface area contributed by atoms with Crippen LogP contribution in [0.3, 0.4) is 0 Å². The highest BCUT2D eigenvalue weighted by Gasteiger charge is 2.18. The van der Waals surface area contributed by atoms with E-state index in [9.17, 15) is 8.42 Å². The Morgan fingerprint density at radius 3 is 2.53 bits per heavy atom. The van der Waals surface area contributed by atoms with Crippen LogP contribution in [0.15, 0.2) is 24.3 Å². The average Bonchev–Trinajstić information content (AvgIpc) is 2.30. The molecule has 1 rings (SSSR count). The summed E-state index contributed by atoms with van der Waals surface area (Å²) in [5.41, 5.74) is 0.988. The van der Waals surface area contributed by atoms with Crippen molar-refractivity contribution in [3.8, 4) is 6.07 Å². The molecule has 6 heteroatoms. The highest BCUT2D eigenvalue weighted by Crippen LogP contribution is 2.09. The standard InChI is InChI=1S/C11H13ClN2O2S/c1-9(8-13)17(15,16)14-7-6-10-2-4-11(12)5-3-10/h2-5,9,14H,6-7H2,1H3. The molecule has 0 bridgehead atoms. The maximum atomic E-state index is 11.5. The summed E-state index contributed by atoms with van der Waals surface area (Å²) in [5.74, 6) is 0. The number of nitriles is 1. The van der Waals surface area contributed by atoms with E-state index in [4.69, 9.17) is 16.9 Å². The van der Waals surface area contributed by atoms with Crippen molar-refractivity contribution < 1.29 is 8.42 Å². The van der Waals surface area contributed by atoms with Gasteiger partial charge in [-0.1, -0.05) is 23.7 Å². The Hall–Kier alpha value is -1.09. The van der Waals surface area contributed by atoms with Crippen molar-refractivity contribution >= 4 is 21.6 Å². The van der Waals surface area contributed by atoms with Crippen molar-refractivity contribution in [3.05, 3.63) is 34.9 Å². The summed E-state index contributed by atoms with van der Waals surface area (Å²) in [5, 5.41) is 8.14. The SMILES string of the molecule is CC(C#N)S(=O)(=O)NCCc1ccc(Cl)cc1. The summed E-state index contributed by atoms with van der Waals surface area (Å²) in [7, 11) is -3.53. The molecule has 0 aliphatic rings. The van der Waals surface area contributed by atoms with Gasteiger partial charge >= 0.3 is 0 Å². The van der Waals surface area contributed by atoms with Crippen molar-refractivity contribution in [1.82, 2.24) is 4.72 Å². The number of nitrogens with one attached hydrogen (secondary N) is 1. The van der Waals surface area contributed by atoms with Crippen LogP contribution in [-0.2, 0) is 16.4 Å². The van der Waals surface area contributed by atoms with Crippen LogP contribution in [0.4, 0.5) is 0 Å². The Morgan fingerprint density at radius 1 is 1.41 bits per heavy atom. The zero-order chi connectivity index (χ0) is 12.9. The molecule has 1 aromatic rings. The van der Waals surface area contributed by atoms with E-state index in [1.54, 1.807) is 18.2 Å². The van der Waals surface area contributed by atoms with Crippen LogP contribution >= 0.6 is 11.6 Å². The molecule has 17 heavy (non-hydrogen) atoms. The van der Waals surface area contributed by atoms with E-state index < -0.39 is 15.3 Å². The lowest BCUT2D eigenvalue weighted by molar-refractivity contribution is 0.577. The highest BCUT2D eigenvalue weighted by atomic mass is 35.5. The number of benzene rings is 1. The summed E-state index contributed by atoms with van der Waals surface area (Å²) in [6.45, 7) is 1.63. The van der Waals surface area contributed by atoms with Gasteiger partial charge in [0.25, 0.3) is 0 Å². The number of sulfonamides is 1. The number of halogens is 1. The Bertz CT molecular complexity index is 505. The average molecular weight is 273 g/mol. The molecule has 1 atom stereocenters. The molecule has 0 saturated carbocycles. The summed E-state index contributed by atoms with van der Waals surface area (Å²) in [6, 6.07) is 8.88. The normalized spacial score (nSPS) is 13.0. The minimum atomic E-state index is -3.53. The topological polar surface area (TPSA) is 70.0 Å². The summed E-state index contributed by atoms with van der Waals surface area (Å²) >= 11 is 5.73. The zero-order valence-electron chi connectivity index (χ0n) is 9.35. The van der Waals surface area contributed by atoms with Crippen LogP contribution in [0.2, 0.25) is 5.02 Å². The Morgan fingerprint density at radius 2 is 2.00 bits per heavy atom. The number of nitrogens with zero attached hydrogens (tertiary/aromatic N) is 1. The van der Waals surface area contributed by atoms with Crippen molar-refractivity contribution in [2.75, 3.05) is 6.54 Å². The molecule has 0 aromatic heterocycles. The maximum Gasteiger partial charge on any atom is 0.227 e. The Kier molecular flexibility index (Phi) is 4.94. The van der Waals surface area contributed by atoms with Gasteiger partial charge in [-0.25, -0.2) is 13.1 Å². The minimum absolute atomic E-state index is 0.274. The Balaban J connectivity index is 2.49. The third-order valence-corrected chi connectivity index (χ3v) is 4.17. The van der Waals surface area contributed by atoms with Gasteiger partial charge in [0.2, 0.25) is 10.0 Å². The second-order valence-electron chi connectivity index (χ2n) is 3.59. The lowest BCUT2D eigenvalue weighted by atomic mass is 10.2. The van der Waals surface area contributed by atoms with Crippen LogP contribution < -0.4 is 4.72 Å². The molecule has 92 valence electrons. The van der Waals surface area contributed by atoms with Crippen LogP contribution in [0.25, 0.3) is 0 Å². The largest absolute Gasteiger partial charge is 0.227 e. The summed E-state index contributed by atoms with van der Waals surface area (Å²) in [6.07, 6.45) is 0.564. The lowest BCUT2D eigenvalue weighted by Crippen LogP contribution is -2.33. The molecule has 0 aliphatic heterocycles. The fourth-order valence-electron chi connectivity index (χ4n) is 1.18. The van der Waals surface area contributed by atoms with E-state index >= 15 is 0 Å². The molecule has 0 radical (unpaired) electrons. The van der Waals surface area contributed by atoms with E-state index in [1.165, 1.54) is 6.92 Å². The van der Waals surface area contributed by atoms with Crippen molar-refractivity contribution in [2.45, 2.75) is 18.6 Å². The molecule has 4 nitrogen and oxygen atoms in total. The van der Waals surface area contributed by atoms with Gasteiger partial charge in [0.05, 0.1) is 6.07 Å². The molecule has 1 aromatic carbocycles. The first kappa shape index (κ1) is 14.0. The van der Waals surface area contributed by atoms with Crippen molar-refractivity contribution in [2.24, 2.45) is 0 Å². The van der Waals surface area contributed by atoms with E-state index in [-0.39, 0.29) is 6.54 Å². The first-order chi connectivity index (χ1) is 7.95. The Labute approximate surface area is 106 Å². The molecular formula is C11H13ClN2O2S. The predicted molar refractivity (Wildman–Crippen MR) is 67.2 cm³/mol. The first-order valence-corrected chi connectivity index (χ1v) is 7.00. The molecule has 1 unspecified atom stereocenters. The van der Waals surface area contributed by atoms with Crippen LogP contribution in [0, 0.1) is 11.3 Å². The quantitative estimate of drug-likeness (QED) is 0.887. The smallest absolute Gasteiger partial charge is 0.214 e. The van der Waals surface area contributed by atoms with Gasteiger partial charge < -0.3 is 0 Å². The maximum absolute atomic E-state index is 11.5. The summed E-state index contributed by atoms with van der Waals surface area (Å²) in [4.78, 5) is 0. The van der Waals surface area contributed by atoms with Gasteiger partial charge in [-0.2, -0.15) is 5.26 Å². The number of hydrogen-bond acceptors (Lipinski definition) is 3. The molecule has 1 N–H and O–H groups in total. The van der Waals surface area contributed by atoms with Gasteiger partial charge in [-0.05, 0) is 31.0 Å². The predicted octanol–water partition coefficient (Wildman–Crippen LogP) is 1.71. The highest BCUT2D eigenvalue weighted by molar-refractivity contribution is 7.90. The van der Waals surface area contributed by atoms with Crippen LogP contribution in [0.5, 0.6) is 0 Å². The van der Waals surface area contributed by atoms with E-state index in [1.807, 2.05) is 12.1 Å². The second kappa shape index (κ2) is 6.01. The molecule has 0 fully saturated rings. The van der Waals surface area contributed by atoms with Gasteiger partial charge in [0.1, 0.15) is 0 Å². The van der Waals surface area contributed by atoms with Gasteiger partial charge in [0, 0.05) is 11.6 Å². The van der Waals surface area contributed by atoms with Crippen molar-refractivity contribution in [1.29, 1.82) is 5.26 Å². The van der Waals surface area contributed by atoms with Crippen LogP contribution in [-0.4, -0.2) is 20.2 Å². The lowest BCUT2D eigenvalue weighted by Gasteiger charge is -2.07. The van der Waals surface area contributed by atoms with Crippen LogP contribution in [0.1, 0.15) is 12.5 Å². The van der Waals surface area contributed by atoms with E-state index in [0.717, 1.165) is 5.56 Å². The molecule has 0 saturated heterocycles. The molecular weight excluding hydrogens is 260 g/mol. The molecule has 0 aliphatic carbocycles. The minimum Gasteiger partial charge on any atom is -0.214 e. The van der Waals surface area contributed by atoms with Gasteiger partial charge in [-0.15, -0.1) is 0 Å². The number of rotatable bonds is 5. The third-order valence-electron chi connectivity index (χ3n) is 2.28. The van der Waals surface area contributed by atoms with Gasteiger partial charge in [0.15, 0.2) is 5.25 Å². The van der Waals surface area contributed by atoms with E-state index in [0.29, 0.717) is 11.4 Å². The second-order valence-corrected chi connectivity index (χ2v) is 6.11. The molecule has 0 spiro atoms. The van der Waals surface area contributed by atoms with E-state index in [2.05, 4.69) is 4.72 Å². The molecule has 0 amide bonds.